The van der Waals surface area contributed by atoms with Crippen molar-refractivity contribution in [1.29, 1.82) is 0 Å². The molecule has 1 unspecified atom stereocenters. The van der Waals surface area contributed by atoms with Gasteiger partial charge in [-0.05, 0) is 24.3 Å². The fraction of sp³-hybridized carbons (Fsp3) is 0. The van der Waals surface area contributed by atoms with Gasteiger partial charge in [-0.25, -0.2) is 0 Å². The van der Waals surface area contributed by atoms with E-state index in [1.807, 2.05) is 18.2 Å². The summed E-state index contributed by atoms with van der Waals surface area (Å²) in [4.78, 5) is 0. The SMILES string of the molecule is O=[P](c1ccccc1)c1ccccc1O. The fourth-order valence-corrected chi connectivity index (χ4v) is 2.56. The Morgan fingerprint density at radius 1 is 0.867 bits per heavy atom. The second-order valence-electron chi connectivity index (χ2n) is 3.12. The van der Waals surface area contributed by atoms with Gasteiger partial charge in [0, 0.05) is 5.30 Å². The van der Waals surface area contributed by atoms with Crippen LogP contribution < -0.4 is 10.6 Å². The van der Waals surface area contributed by atoms with E-state index in [9.17, 15) is 9.67 Å². The predicted octanol–water partition coefficient (Wildman–Crippen LogP) is 2.17. The molecule has 0 spiro atoms. The van der Waals surface area contributed by atoms with Crippen molar-refractivity contribution in [1.82, 2.24) is 0 Å². The van der Waals surface area contributed by atoms with Crippen molar-refractivity contribution < 1.29 is 9.67 Å². The molecule has 2 aromatic rings. The third kappa shape index (κ3) is 2.05. The topological polar surface area (TPSA) is 37.3 Å². The second-order valence-corrected chi connectivity index (χ2v) is 4.71. The first-order valence-corrected chi connectivity index (χ1v) is 5.85. The molecule has 0 amide bonds. The molecule has 2 rings (SSSR count). The van der Waals surface area contributed by atoms with Gasteiger partial charge >= 0.3 is 0 Å². The normalized spacial score (nSPS) is 11.1. The van der Waals surface area contributed by atoms with E-state index >= 15 is 0 Å². The molecule has 1 atom stereocenters. The van der Waals surface area contributed by atoms with Gasteiger partial charge in [0.2, 0.25) is 0 Å². The third-order valence-electron chi connectivity index (χ3n) is 2.09. The van der Waals surface area contributed by atoms with Gasteiger partial charge in [0.25, 0.3) is 0 Å². The highest BCUT2D eigenvalue weighted by Gasteiger charge is 2.10. The summed E-state index contributed by atoms with van der Waals surface area (Å²) in [5.41, 5.74) is 0. The van der Waals surface area contributed by atoms with E-state index in [-0.39, 0.29) is 5.75 Å². The Bertz CT molecular complexity index is 480. The van der Waals surface area contributed by atoms with Gasteiger partial charge in [0.1, 0.15) is 13.6 Å². The van der Waals surface area contributed by atoms with E-state index in [0.717, 1.165) is 5.30 Å². The number of phenolic OH excluding ortho intramolecular Hbond substituents is 1. The zero-order chi connectivity index (χ0) is 10.7. The van der Waals surface area contributed by atoms with Crippen molar-refractivity contribution in [2.45, 2.75) is 0 Å². The molecule has 15 heavy (non-hydrogen) atoms. The molecular weight excluding hydrogens is 207 g/mol. The highest BCUT2D eigenvalue weighted by Crippen LogP contribution is 2.24. The smallest absolute Gasteiger partial charge is 0.140 e. The van der Waals surface area contributed by atoms with Crippen molar-refractivity contribution in [2.75, 3.05) is 0 Å². The number of hydrogen-bond donors (Lipinski definition) is 1. The van der Waals surface area contributed by atoms with E-state index in [1.54, 1.807) is 36.4 Å². The van der Waals surface area contributed by atoms with Crippen molar-refractivity contribution in [3.63, 3.8) is 0 Å². The minimum absolute atomic E-state index is 0.0856. The van der Waals surface area contributed by atoms with Crippen LogP contribution in [0.1, 0.15) is 0 Å². The summed E-state index contributed by atoms with van der Waals surface area (Å²) >= 11 is 0. The molecule has 0 aliphatic carbocycles. The van der Waals surface area contributed by atoms with E-state index < -0.39 is 7.80 Å². The predicted molar refractivity (Wildman–Crippen MR) is 61.4 cm³/mol. The standard InChI is InChI=1S/C12H10O2P/c13-11-8-4-5-9-12(11)15(14)10-6-2-1-3-7-10/h1-9,13H. The maximum absolute atomic E-state index is 12.1. The molecule has 0 aliphatic heterocycles. The molecule has 2 aromatic carbocycles. The Labute approximate surface area is 89.0 Å². The van der Waals surface area contributed by atoms with Crippen LogP contribution in [0.2, 0.25) is 0 Å². The lowest BCUT2D eigenvalue weighted by Crippen LogP contribution is -2.06. The molecule has 2 nitrogen and oxygen atoms in total. The fourth-order valence-electron chi connectivity index (χ4n) is 1.34. The molecule has 75 valence electrons. The zero-order valence-corrected chi connectivity index (χ0v) is 8.89. The van der Waals surface area contributed by atoms with Crippen LogP contribution in [0.3, 0.4) is 0 Å². The van der Waals surface area contributed by atoms with Gasteiger partial charge in [-0.3, -0.25) is 4.57 Å². The zero-order valence-electron chi connectivity index (χ0n) is 8.00. The second kappa shape index (κ2) is 4.24. The van der Waals surface area contributed by atoms with Gasteiger partial charge in [-0.1, -0.05) is 30.3 Å². The van der Waals surface area contributed by atoms with Gasteiger partial charge in [-0.15, -0.1) is 0 Å². The van der Waals surface area contributed by atoms with Crippen LogP contribution in [0.25, 0.3) is 0 Å². The molecule has 0 bridgehead atoms. The first-order chi connectivity index (χ1) is 7.29. The van der Waals surface area contributed by atoms with Crippen LogP contribution in [-0.4, -0.2) is 5.11 Å². The van der Waals surface area contributed by atoms with E-state index in [2.05, 4.69) is 0 Å². The number of benzene rings is 2. The summed E-state index contributed by atoms with van der Waals surface area (Å²) in [6.45, 7) is 0. The van der Waals surface area contributed by atoms with Crippen LogP contribution >= 0.6 is 7.80 Å². The lowest BCUT2D eigenvalue weighted by Gasteiger charge is -2.03. The van der Waals surface area contributed by atoms with Gasteiger partial charge in [0.15, 0.2) is 0 Å². The maximum atomic E-state index is 12.1. The maximum Gasteiger partial charge on any atom is 0.140 e. The van der Waals surface area contributed by atoms with Crippen LogP contribution in [0.4, 0.5) is 0 Å². The molecule has 0 fully saturated rings. The summed E-state index contributed by atoms with van der Waals surface area (Å²) in [5.74, 6) is 0.0856. The molecular formula is C12H10O2P. The summed E-state index contributed by atoms with van der Waals surface area (Å²) in [5, 5.41) is 10.8. The van der Waals surface area contributed by atoms with Gasteiger partial charge < -0.3 is 5.11 Å². The molecule has 0 aliphatic rings. The molecule has 1 radical (unpaired) electrons. The highest BCUT2D eigenvalue weighted by molar-refractivity contribution is 7.61. The van der Waals surface area contributed by atoms with Crippen LogP contribution in [0.15, 0.2) is 54.6 Å². The van der Waals surface area contributed by atoms with Crippen LogP contribution in [-0.2, 0) is 4.57 Å². The minimum atomic E-state index is -1.69. The van der Waals surface area contributed by atoms with Crippen LogP contribution in [0.5, 0.6) is 5.75 Å². The van der Waals surface area contributed by atoms with Crippen molar-refractivity contribution in [3.8, 4) is 5.75 Å². The first kappa shape index (κ1) is 9.88. The van der Waals surface area contributed by atoms with Crippen molar-refractivity contribution in [2.24, 2.45) is 0 Å². The van der Waals surface area contributed by atoms with E-state index in [4.69, 9.17) is 0 Å². The lowest BCUT2D eigenvalue weighted by atomic mass is 10.3. The Morgan fingerprint density at radius 3 is 2.13 bits per heavy atom. The quantitative estimate of drug-likeness (QED) is 0.783. The van der Waals surface area contributed by atoms with E-state index in [1.165, 1.54) is 0 Å². The highest BCUT2D eigenvalue weighted by atomic mass is 31.1. The van der Waals surface area contributed by atoms with Gasteiger partial charge in [0.05, 0.1) is 5.30 Å². The third-order valence-corrected chi connectivity index (χ3v) is 3.67. The largest absolute Gasteiger partial charge is 0.507 e. The molecule has 1 N–H and O–H groups in total. The number of phenols is 1. The van der Waals surface area contributed by atoms with E-state index in [0.29, 0.717) is 5.30 Å². The molecule has 0 saturated carbocycles. The Hall–Kier alpha value is -1.66. The number of aromatic hydroxyl groups is 1. The molecule has 0 aromatic heterocycles. The van der Waals surface area contributed by atoms with Crippen molar-refractivity contribution in [3.05, 3.63) is 54.6 Å². The summed E-state index contributed by atoms with van der Waals surface area (Å²) in [7, 11) is -1.69. The summed E-state index contributed by atoms with van der Waals surface area (Å²) < 4.78 is 12.1. The average Bonchev–Trinajstić information content (AvgIpc) is 2.30. The molecule has 0 saturated heterocycles. The minimum Gasteiger partial charge on any atom is -0.507 e. The van der Waals surface area contributed by atoms with Crippen LogP contribution in [0, 0.1) is 0 Å². The lowest BCUT2D eigenvalue weighted by molar-refractivity contribution is 0.479. The molecule has 0 heterocycles. The van der Waals surface area contributed by atoms with Gasteiger partial charge in [-0.2, -0.15) is 0 Å². The van der Waals surface area contributed by atoms with Crippen molar-refractivity contribution >= 4 is 18.4 Å². The monoisotopic (exact) mass is 217 g/mol. The number of hydrogen-bond acceptors (Lipinski definition) is 2. The molecule has 3 heteroatoms. The number of rotatable bonds is 2. The summed E-state index contributed by atoms with van der Waals surface area (Å²) in [6.07, 6.45) is 0. The number of para-hydroxylation sites is 1. The Balaban J connectivity index is 2.42. The average molecular weight is 217 g/mol. The first-order valence-electron chi connectivity index (χ1n) is 4.59. The Morgan fingerprint density at radius 2 is 1.47 bits per heavy atom. The Kier molecular flexibility index (Phi) is 2.79. The summed E-state index contributed by atoms with van der Waals surface area (Å²) in [6, 6.07) is 15.9.